The highest BCUT2D eigenvalue weighted by Gasteiger charge is 2.46. The number of benzene rings is 11. The van der Waals surface area contributed by atoms with Gasteiger partial charge in [-0.2, -0.15) is 0 Å². The second-order valence-electron chi connectivity index (χ2n) is 17.7. The fourth-order valence-electron chi connectivity index (χ4n) is 11.0. The number of rotatable bonds is 8. The second-order valence-corrected chi connectivity index (χ2v) is 17.7. The number of nitrogens with zero attached hydrogens (tertiary/aromatic N) is 2. The molecule has 0 saturated carbocycles. The lowest BCUT2D eigenvalue weighted by molar-refractivity contribution is 0.768. The molecule has 0 fully saturated rings. The minimum Gasteiger partial charge on any atom is -0.310 e. The molecule has 0 atom stereocenters. The van der Waals surface area contributed by atoms with Crippen molar-refractivity contribution >= 4 is 49.6 Å². The van der Waals surface area contributed by atoms with E-state index in [0.717, 1.165) is 17.1 Å². The summed E-state index contributed by atoms with van der Waals surface area (Å²) >= 11 is 0. The van der Waals surface area contributed by atoms with Gasteiger partial charge in [-0.05, 0) is 133 Å². The van der Waals surface area contributed by atoms with Gasteiger partial charge in [0.15, 0.2) is 0 Å². The van der Waals surface area contributed by atoms with Crippen LogP contribution in [0.15, 0.2) is 267 Å². The number of hydrogen-bond donors (Lipinski definition) is 0. The van der Waals surface area contributed by atoms with E-state index in [2.05, 4.69) is 276 Å². The Balaban J connectivity index is 0.899. The fourth-order valence-corrected chi connectivity index (χ4v) is 11.0. The normalized spacial score (nSPS) is 12.6. The summed E-state index contributed by atoms with van der Waals surface area (Å²) < 4.78 is 2.37. The van der Waals surface area contributed by atoms with Crippen LogP contribution in [0.3, 0.4) is 0 Å². The summed E-state index contributed by atoms with van der Waals surface area (Å²) in [5, 5.41) is 4.94. The molecule has 0 bridgehead atoms. The van der Waals surface area contributed by atoms with Gasteiger partial charge in [-0.3, -0.25) is 0 Å². The summed E-state index contributed by atoms with van der Waals surface area (Å²) in [7, 11) is 0. The Bertz CT molecular complexity index is 3740. The second kappa shape index (κ2) is 15.8. The highest BCUT2D eigenvalue weighted by atomic mass is 15.1. The van der Waals surface area contributed by atoms with E-state index >= 15 is 0 Å². The van der Waals surface area contributed by atoms with Gasteiger partial charge in [0.25, 0.3) is 0 Å². The van der Waals surface area contributed by atoms with Crippen LogP contribution in [-0.4, -0.2) is 4.57 Å². The first kappa shape index (κ1) is 38.7. The van der Waals surface area contributed by atoms with E-state index in [1.54, 1.807) is 0 Å². The maximum absolute atomic E-state index is 2.45. The van der Waals surface area contributed by atoms with Crippen molar-refractivity contribution in [3.05, 3.63) is 289 Å². The van der Waals surface area contributed by atoms with E-state index in [1.807, 2.05) is 0 Å². The van der Waals surface area contributed by atoms with Gasteiger partial charge in [-0.15, -0.1) is 0 Å². The molecule has 0 spiro atoms. The van der Waals surface area contributed by atoms with Gasteiger partial charge in [-0.25, -0.2) is 0 Å². The predicted octanol–water partition coefficient (Wildman–Crippen LogP) is 17.1. The van der Waals surface area contributed by atoms with Crippen molar-refractivity contribution in [2.45, 2.75) is 5.41 Å². The Labute approximate surface area is 390 Å². The number of anilines is 3. The Morgan fingerprint density at radius 3 is 1.54 bits per heavy atom. The molecular formula is C65H44N2. The van der Waals surface area contributed by atoms with Crippen LogP contribution in [0.4, 0.5) is 17.1 Å². The van der Waals surface area contributed by atoms with Gasteiger partial charge in [0, 0.05) is 33.5 Å². The third kappa shape index (κ3) is 6.26. The van der Waals surface area contributed by atoms with Crippen LogP contribution in [0, 0.1) is 0 Å². The van der Waals surface area contributed by atoms with Gasteiger partial charge >= 0.3 is 0 Å². The molecule has 67 heavy (non-hydrogen) atoms. The minimum absolute atomic E-state index is 0.498. The first-order chi connectivity index (χ1) is 33.2. The average molecular weight is 853 g/mol. The molecule has 0 radical (unpaired) electrons. The SMILES string of the molecule is c1ccc(-n2c3ccccc3c3cc(-c4ccc(-c5ccc(N(c6ccc7c(c6)C(c6ccccc6)(c6ccccc6)c6ccccc6-7)c6ccc7ccccc7c6)cc5)cc4)ccc32)cc1. The van der Waals surface area contributed by atoms with E-state index in [9.17, 15) is 0 Å². The molecule has 0 unspecified atom stereocenters. The third-order valence-electron chi connectivity index (χ3n) is 14.1. The summed E-state index contributed by atoms with van der Waals surface area (Å²) in [5.41, 5.74) is 18.8. The Hall–Kier alpha value is -8.72. The number of fused-ring (bicyclic) bond motifs is 7. The standard InChI is InChI=1S/C65H44N2/c1-4-18-51(19-5-1)65(52-20-6-2-7-21-52)61-26-14-12-24-57(61)58-40-39-56(44-62(58)65)66(55-38-34-45-16-10-11-17-49(45)42-55)54-36-32-47(33-37-54)46-28-30-48(31-29-46)50-35-41-64-60(43-50)59-25-13-15-27-63(59)67(64)53-22-8-3-9-23-53/h1-44H. The van der Waals surface area contributed by atoms with Crippen LogP contribution < -0.4 is 4.90 Å². The lowest BCUT2D eigenvalue weighted by Crippen LogP contribution is -2.28. The topological polar surface area (TPSA) is 8.17 Å². The summed E-state index contributed by atoms with van der Waals surface area (Å²) in [6.07, 6.45) is 0. The molecule has 13 rings (SSSR count). The van der Waals surface area contributed by atoms with Crippen molar-refractivity contribution in [2.24, 2.45) is 0 Å². The number of hydrogen-bond acceptors (Lipinski definition) is 1. The lowest BCUT2D eigenvalue weighted by Gasteiger charge is -2.35. The smallest absolute Gasteiger partial charge is 0.0714 e. The van der Waals surface area contributed by atoms with Crippen molar-refractivity contribution in [1.29, 1.82) is 0 Å². The van der Waals surface area contributed by atoms with Crippen molar-refractivity contribution in [2.75, 3.05) is 4.90 Å². The van der Waals surface area contributed by atoms with Crippen LogP contribution in [-0.2, 0) is 5.41 Å². The maximum atomic E-state index is 2.45. The molecule has 1 aliphatic carbocycles. The molecule has 0 aliphatic heterocycles. The zero-order valence-corrected chi connectivity index (χ0v) is 36.8. The zero-order valence-electron chi connectivity index (χ0n) is 36.8. The fraction of sp³-hybridized carbons (Fsp3) is 0.0154. The monoisotopic (exact) mass is 852 g/mol. The van der Waals surface area contributed by atoms with Crippen LogP contribution in [0.5, 0.6) is 0 Å². The van der Waals surface area contributed by atoms with Crippen LogP contribution >= 0.6 is 0 Å². The van der Waals surface area contributed by atoms with Crippen molar-refractivity contribution in [1.82, 2.24) is 4.57 Å². The van der Waals surface area contributed by atoms with Crippen LogP contribution in [0.1, 0.15) is 22.3 Å². The van der Waals surface area contributed by atoms with E-state index in [-0.39, 0.29) is 0 Å². The summed E-state index contributed by atoms with van der Waals surface area (Å²) in [6.45, 7) is 0. The molecule has 0 saturated heterocycles. The molecular weight excluding hydrogens is 809 g/mol. The van der Waals surface area contributed by atoms with Crippen LogP contribution in [0.25, 0.3) is 71.6 Å². The highest BCUT2D eigenvalue weighted by Crippen LogP contribution is 2.57. The zero-order chi connectivity index (χ0) is 44.3. The van der Waals surface area contributed by atoms with E-state index in [4.69, 9.17) is 0 Å². The van der Waals surface area contributed by atoms with Gasteiger partial charge in [0.2, 0.25) is 0 Å². The molecule has 1 aliphatic rings. The Morgan fingerprint density at radius 2 is 0.806 bits per heavy atom. The molecule has 2 heteroatoms. The first-order valence-electron chi connectivity index (χ1n) is 23.2. The van der Waals surface area contributed by atoms with E-state index < -0.39 is 5.41 Å². The van der Waals surface area contributed by atoms with Gasteiger partial charge < -0.3 is 9.47 Å². The minimum atomic E-state index is -0.498. The maximum Gasteiger partial charge on any atom is 0.0714 e. The van der Waals surface area contributed by atoms with Gasteiger partial charge in [0.05, 0.1) is 16.4 Å². The molecule has 12 aromatic rings. The van der Waals surface area contributed by atoms with Crippen molar-refractivity contribution in [3.8, 4) is 39.1 Å². The predicted molar refractivity (Wildman–Crippen MR) is 281 cm³/mol. The van der Waals surface area contributed by atoms with Crippen molar-refractivity contribution < 1.29 is 0 Å². The lowest BCUT2D eigenvalue weighted by atomic mass is 9.67. The quantitative estimate of drug-likeness (QED) is 0.148. The van der Waals surface area contributed by atoms with Gasteiger partial charge in [-0.1, -0.05) is 200 Å². The summed E-state index contributed by atoms with van der Waals surface area (Å²) in [5.74, 6) is 0. The molecule has 0 N–H and O–H groups in total. The number of para-hydroxylation sites is 2. The Kier molecular flexibility index (Phi) is 9.11. The van der Waals surface area contributed by atoms with E-state index in [1.165, 1.54) is 93.9 Å². The molecule has 1 aromatic heterocycles. The Morgan fingerprint density at radius 1 is 0.299 bits per heavy atom. The first-order valence-corrected chi connectivity index (χ1v) is 23.2. The molecule has 1 heterocycles. The average Bonchev–Trinajstić information content (AvgIpc) is 3.90. The largest absolute Gasteiger partial charge is 0.310 e. The van der Waals surface area contributed by atoms with E-state index in [0.29, 0.717) is 0 Å². The molecule has 2 nitrogen and oxygen atoms in total. The summed E-state index contributed by atoms with van der Waals surface area (Å²) in [6, 6.07) is 98.0. The third-order valence-corrected chi connectivity index (χ3v) is 14.1. The van der Waals surface area contributed by atoms with Crippen molar-refractivity contribution in [3.63, 3.8) is 0 Å². The van der Waals surface area contributed by atoms with Crippen LogP contribution in [0.2, 0.25) is 0 Å². The van der Waals surface area contributed by atoms with Gasteiger partial charge in [0.1, 0.15) is 0 Å². The number of aromatic nitrogens is 1. The molecule has 11 aromatic carbocycles. The molecule has 0 amide bonds. The summed E-state index contributed by atoms with van der Waals surface area (Å²) in [4.78, 5) is 2.42. The highest BCUT2D eigenvalue weighted by molar-refractivity contribution is 6.10. The molecule has 314 valence electrons.